The molecule has 0 saturated carbocycles. The van der Waals surface area contributed by atoms with Gasteiger partial charge in [0.1, 0.15) is 22.5 Å². The smallest absolute Gasteiger partial charge is 0.136 e. The third-order valence-electron chi connectivity index (χ3n) is 12.7. The third-order valence-corrected chi connectivity index (χ3v) is 12.7. The molecule has 3 aliphatic carbocycles. The van der Waals surface area contributed by atoms with E-state index in [0.29, 0.717) is 0 Å². The molecule has 4 aliphatic rings. The van der Waals surface area contributed by atoms with Crippen LogP contribution in [0.15, 0.2) is 207 Å². The summed E-state index contributed by atoms with van der Waals surface area (Å²) < 4.78 is 12.6. The zero-order chi connectivity index (χ0) is 38.2. The van der Waals surface area contributed by atoms with Crippen LogP contribution >= 0.6 is 0 Å². The molecule has 12 rings (SSSR count). The topological polar surface area (TPSA) is 32.8 Å². The minimum Gasteiger partial charge on any atom is -0.456 e. The van der Waals surface area contributed by atoms with Gasteiger partial charge >= 0.3 is 0 Å². The van der Waals surface area contributed by atoms with E-state index in [-0.39, 0.29) is 12.0 Å². The Hall–Kier alpha value is -7.04. The van der Waals surface area contributed by atoms with Gasteiger partial charge in [0, 0.05) is 56.1 Å². The monoisotopic (exact) mass is 748 g/mol. The number of allylic oxidation sites excluding steroid dienone is 6. The highest BCUT2D eigenvalue weighted by atomic mass is 16.3. The highest BCUT2D eigenvalue weighted by Gasteiger charge is 2.39. The largest absolute Gasteiger partial charge is 0.456 e. The van der Waals surface area contributed by atoms with Crippen molar-refractivity contribution in [3.63, 3.8) is 0 Å². The lowest BCUT2D eigenvalue weighted by atomic mass is 9.86. The molecule has 0 radical (unpaired) electrons. The van der Waals surface area contributed by atoms with Gasteiger partial charge in [-0.25, -0.2) is 0 Å². The average molecular weight is 749 g/mol. The van der Waals surface area contributed by atoms with E-state index in [1.165, 1.54) is 61.6 Å². The SMILES string of the molecule is C1=CC2c3ccccc3N(c3ccccc3)C2C=C1N(C1=CC=C(C2=Cc3oc4ccccc4c3CC2)CC1)c1ccc(-c2cccc3oc4ccccc4c23)cc1. The van der Waals surface area contributed by atoms with Crippen molar-refractivity contribution in [1.82, 2.24) is 0 Å². The Kier molecular flexibility index (Phi) is 7.59. The molecule has 4 nitrogen and oxygen atoms in total. The summed E-state index contributed by atoms with van der Waals surface area (Å²) >= 11 is 0. The number of hydrogen-bond acceptors (Lipinski definition) is 4. The van der Waals surface area contributed by atoms with E-state index >= 15 is 0 Å². The summed E-state index contributed by atoms with van der Waals surface area (Å²) in [6.45, 7) is 0. The van der Waals surface area contributed by atoms with Crippen LogP contribution in [0.5, 0.6) is 0 Å². The van der Waals surface area contributed by atoms with Crippen LogP contribution in [-0.2, 0) is 6.42 Å². The van der Waals surface area contributed by atoms with Crippen molar-refractivity contribution in [3.8, 4) is 11.1 Å². The first-order chi connectivity index (χ1) is 28.7. The van der Waals surface area contributed by atoms with E-state index in [4.69, 9.17) is 8.83 Å². The van der Waals surface area contributed by atoms with Crippen molar-refractivity contribution in [3.05, 3.63) is 215 Å². The number of fused-ring (bicyclic) bond motifs is 9. The number of anilines is 3. The molecule has 58 heavy (non-hydrogen) atoms. The van der Waals surface area contributed by atoms with Crippen LogP contribution in [0.3, 0.4) is 0 Å². The van der Waals surface area contributed by atoms with Gasteiger partial charge in [0.05, 0.1) is 6.04 Å². The molecule has 2 unspecified atom stereocenters. The van der Waals surface area contributed by atoms with Gasteiger partial charge < -0.3 is 18.6 Å². The standard InChI is InChI=1S/C54H40N2O2/c1-2-11-38(12-3-1)56-48-17-7-4-13-43(48)44-32-30-41(34-49(44)56)55(39-26-21-35(22-27-39)37-25-31-46-45-14-5-8-18-50(45)58-53(46)33-37)40-28-23-36(24-29-40)42-16-10-20-52-54(42)47-15-6-9-19-51(47)57-52/h1-21,23-24,26,28-30,32-34,44,49H,22,25,27,31H2. The van der Waals surface area contributed by atoms with E-state index in [9.17, 15) is 0 Å². The van der Waals surface area contributed by atoms with Crippen LogP contribution in [0.25, 0.3) is 50.1 Å². The molecule has 6 aromatic carbocycles. The maximum absolute atomic E-state index is 6.34. The molecule has 2 aromatic heterocycles. The van der Waals surface area contributed by atoms with Crippen molar-refractivity contribution >= 4 is 56.0 Å². The Morgan fingerprint density at radius 2 is 1.33 bits per heavy atom. The molecule has 0 amide bonds. The fourth-order valence-electron chi connectivity index (χ4n) is 9.97. The van der Waals surface area contributed by atoms with Crippen LogP contribution in [0, 0.1) is 0 Å². The molecule has 0 fully saturated rings. The maximum atomic E-state index is 6.34. The second-order valence-electron chi connectivity index (χ2n) is 15.9. The van der Waals surface area contributed by atoms with Gasteiger partial charge in [-0.15, -0.1) is 0 Å². The maximum Gasteiger partial charge on any atom is 0.136 e. The third kappa shape index (κ3) is 5.29. The van der Waals surface area contributed by atoms with Crippen molar-refractivity contribution in [2.45, 2.75) is 37.6 Å². The Balaban J connectivity index is 0.952. The first-order valence-electron chi connectivity index (χ1n) is 20.5. The number of benzene rings is 6. The molecule has 278 valence electrons. The van der Waals surface area contributed by atoms with E-state index in [2.05, 4.69) is 186 Å². The minimum absolute atomic E-state index is 0.147. The summed E-state index contributed by atoms with van der Waals surface area (Å²) in [7, 11) is 0. The lowest BCUT2D eigenvalue weighted by Crippen LogP contribution is -2.32. The molecule has 0 bridgehead atoms. The van der Waals surface area contributed by atoms with Gasteiger partial charge in [-0.05, 0) is 126 Å². The lowest BCUT2D eigenvalue weighted by molar-refractivity contribution is 0.593. The Morgan fingerprint density at radius 1 is 0.586 bits per heavy atom. The van der Waals surface area contributed by atoms with Gasteiger partial charge in [-0.1, -0.05) is 109 Å². The first-order valence-corrected chi connectivity index (χ1v) is 20.5. The molecule has 4 heteroatoms. The van der Waals surface area contributed by atoms with Crippen LogP contribution in [0.4, 0.5) is 17.1 Å². The van der Waals surface area contributed by atoms with Gasteiger partial charge in [-0.2, -0.15) is 0 Å². The van der Waals surface area contributed by atoms with Gasteiger partial charge in [0.15, 0.2) is 0 Å². The molecule has 3 heterocycles. The average Bonchev–Trinajstić information content (AvgIpc) is 3.96. The lowest BCUT2D eigenvalue weighted by Gasteiger charge is -2.35. The highest BCUT2D eigenvalue weighted by Crippen LogP contribution is 2.49. The van der Waals surface area contributed by atoms with Crippen molar-refractivity contribution < 1.29 is 8.83 Å². The summed E-state index contributed by atoms with van der Waals surface area (Å²) in [4.78, 5) is 5.02. The highest BCUT2D eigenvalue weighted by molar-refractivity contribution is 6.12. The summed E-state index contributed by atoms with van der Waals surface area (Å²) in [6.07, 6.45) is 18.2. The quantitative estimate of drug-likeness (QED) is 0.170. The molecular weight excluding hydrogens is 709 g/mol. The number of nitrogens with zero attached hydrogens (tertiary/aromatic N) is 2. The number of hydrogen-bond donors (Lipinski definition) is 0. The summed E-state index contributed by atoms with van der Waals surface area (Å²) in [6, 6.07) is 52.2. The second kappa shape index (κ2) is 13.3. The summed E-state index contributed by atoms with van der Waals surface area (Å²) in [5, 5.41) is 3.55. The predicted octanol–water partition coefficient (Wildman–Crippen LogP) is 14.2. The zero-order valence-electron chi connectivity index (χ0n) is 32.0. The van der Waals surface area contributed by atoms with Crippen LogP contribution < -0.4 is 9.80 Å². The second-order valence-corrected chi connectivity index (χ2v) is 15.9. The first kappa shape index (κ1) is 33.1. The van der Waals surface area contributed by atoms with Crippen molar-refractivity contribution in [2.75, 3.05) is 9.80 Å². The number of furan rings is 2. The van der Waals surface area contributed by atoms with Gasteiger partial charge in [0.25, 0.3) is 0 Å². The van der Waals surface area contributed by atoms with Crippen molar-refractivity contribution in [1.29, 1.82) is 0 Å². The number of rotatable bonds is 6. The molecular formula is C54H40N2O2. The molecule has 0 N–H and O–H groups in total. The van der Waals surface area contributed by atoms with Crippen LogP contribution in [0.1, 0.15) is 42.1 Å². The van der Waals surface area contributed by atoms with E-state index in [0.717, 1.165) is 64.7 Å². The summed E-state index contributed by atoms with van der Waals surface area (Å²) in [5.41, 5.74) is 16.8. The Labute approximate surface area is 337 Å². The van der Waals surface area contributed by atoms with E-state index in [1.807, 2.05) is 6.07 Å². The molecule has 1 aliphatic heterocycles. The molecule has 0 spiro atoms. The summed E-state index contributed by atoms with van der Waals surface area (Å²) in [5.74, 6) is 1.29. The zero-order valence-corrected chi connectivity index (χ0v) is 32.0. The molecule has 8 aromatic rings. The Morgan fingerprint density at radius 3 is 2.17 bits per heavy atom. The van der Waals surface area contributed by atoms with E-state index in [1.54, 1.807) is 0 Å². The molecule has 2 atom stereocenters. The van der Waals surface area contributed by atoms with Crippen molar-refractivity contribution in [2.24, 2.45) is 0 Å². The van der Waals surface area contributed by atoms with Gasteiger partial charge in [0.2, 0.25) is 0 Å². The number of aryl methyl sites for hydroxylation is 1. The fraction of sp³-hybridized carbons (Fsp3) is 0.111. The van der Waals surface area contributed by atoms with Crippen LogP contribution in [0.2, 0.25) is 0 Å². The van der Waals surface area contributed by atoms with E-state index < -0.39 is 0 Å². The Bertz CT molecular complexity index is 3080. The molecule has 0 saturated heterocycles. The predicted molar refractivity (Wildman–Crippen MR) is 238 cm³/mol. The van der Waals surface area contributed by atoms with Gasteiger partial charge in [-0.3, -0.25) is 0 Å². The number of para-hydroxylation sites is 4. The van der Waals surface area contributed by atoms with Crippen LogP contribution in [-0.4, -0.2) is 6.04 Å². The fourth-order valence-corrected chi connectivity index (χ4v) is 9.97. The normalized spacial score (nSPS) is 18.4. The minimum atomic E-state index is 0.147.